The lowest BCUT2D eigenvalue weighted by Gasteiger charge is -2.18. The van der Waals surface area contributed by atoms with Gasteiger partial charge in [-0.1, -0.05) is 23.2 Å². The monoisotopic (exact) mass is 271 g/mol. The maximum absolute atomic E-state index is 6.14. The van der Waals surface area contributed by atoms with Crippen LogP contribution in [0.5, 0.6) is 0 Å². The van der Waals surface area contributed by atoms with Crippen LogP contribution in [0.15, 0.2) is 12.4 Å². The molecular formula is C12H15Cl2N3. The Morgan fingerprint density at radius 2 is 2.06 bits per heavy atom. The van der Waals surface area contributed by atoms with Gasteiger partial charge in [0.15, 0.2) is 0 Å². The number of pyridine rings is 1. The lowest BCUT2D eigenvalue weighted by atomic mass is 10.1. The number of aromatic nitrogens is 1. The van der Waals surface area contributed by atoms with E-state index in [-0.39, 0.29) is 0 Å². The molecule has 3 heterocycles. The van der Waals surface area contributed by atoms with Crippen molar-refractivity contribution in [2.75, 3.05) is 19.6 Å². The molecule has 5 heteroatoms. The molecule has 0 amide bonds. The van der Waals surface area contributed by atoms with Crippen LogP contribution in [-0.2, 0) is 6.54 Å². The zero-order valence-corrected chi connectivity index (χ0v) is 11.0. The Bertz CT molecular complexity index is 392. The molecule has 2 atom stereocenters. The second-order valence-corrected chi connectivity index (χ2v) is 5.70. The average Bonchev–Trinajstić information content (AvgIpc) is 2.83. The molecule has 0 bridgehead atoms. The molecule has 1 N–H and O–H groups in total. The van der Waals surface area contributed by atoms with E-state index in [9.17, 15) is 0 Å². The number of hydrogen-bond donors (Lipinski definition) is 1. The van der Waals surface area contributed by atoms with E-state index in [0.717, 1.165) is 31.1 Å². The Kier molecular flexibility index (Phi) is 3.26. The van der Waals surface area contributed by atoms with E-state index in [4.69, 9.17) is 23.2 Å². The smallest absolute Gasteiger partial charge is 0.0649 e. The zero-order valence-electron chi connectivity index (χ0n) is 9.50. The second-order valence-electron chi connectivity index (χ2n) is 4.89. The van der Waals surface area contributed by atoms with Crippen molar-refractivity contribution in [3.63, 3.8) is 0 Å². The summed E-state index contributed by atoms with van der Waals surface area (Å²) in [5, 5.41) is 4.88. The molecule has 0 saturated carbocycles. The van der Waals surface area contributed by atoms with Gasteiger partial charge in [-0.15, -0.1) is 0 Å². The van der Waals surface area contributed by atoms with Gasteiger partial charge in [0.25, 0.3) is 0 Å². The van der Waals surface area contributed by atoms with Gasteiger partial charge in [-0.25, -0.2) is 0 Å². The molecule has 3 rings (SSSR count). The van der Waals surface area contributed by atoms with Gasteiger partial charge in [0.05, 0.1) is 10.0 Å². The van der Waals surface area contributed by atoms with E-state index in [1.807, 2.05) is 0 Å². The number of hydrogen-bond acceptors (Lipinski definition) is 3. The summed E-state index contributed by atoms with van der Waals surface area (Å²) in [4.78, 5) is 6.41. The lowest BCUT2D eigenvalue weighted by molar-refractivity contribution is 0.307. The van der Waals surface area contributed by atoms with E-state index >= 15 is 0 Å². The largest absolute Gasteiger partial charge is 0.312 e. The molecule has 3 nitrogen and oxygen atoms in total. The third-order valence-electron chi connectivity index (χ3n) is 3.77. The molecule has 0 aromatic carbocycles. The van der Waals surface area contributed by atoms with Crippen LogP contribution >= 0.6 is 23.2 Å². The van der Waals surface area contributed by atoms with Crippen LogP contribution in [0.2, 0.25) is 10.0 Å². The third kappa shape index (κ3) is 2.29. The van der Waals surface area contributed by atoms with Gasteiger partial charge in [-0.05, 0) is 18.9 Å². The maximum atomic E-state index is 6.14. The van der Waals surface area contributed by atoms with Gasteiger partial charge < -0.3 is 5.32 Å². The minimum absolute atomic E-state index is 0.661. The van der Waals surface area contributed by atoms with Crippen LogP contribution in [0, 0.1) is 5.92 Å². The van der Waals surface area contributed by atoms with Crippen LogP contribution in [0.3, 0.4) is 0 Å². The van der Waals surface area contributed by atoms with Gasteiger partial charge in [0.2, 0.25) is 0 Å². The van der Waals surface area contributed by atoms with Gasteiger partial charge in [-0.2, -0.15) is 0 Å². The fourth-order valence-corrected chi connectivity index (χ4v) is 3.36. The molecule has 2 aliphatic heterocycles. The van der Waals surface area contributed by atoms with Crippen LogP contribution in [0.1, 0.15) is 12.0 Å². The Balaban J connectivity index is 1.72. The van der Waals surface area contributed by atoms with Gasteiger partial charge in [0.1, 0.15) is 0 Å². The fraction of sp³-hybridized carbons (Fsp3) is 0.583. The van der Waals surface area contributed by atoms with Crippen molar-refractivity contribution in [3.8, 4) is 0 Å². The van der Waals surface area contributed by atoms with Gasteiger partial charge in [0, 0.05) is 43.6 Å². The second kappa shape index (κ2) is 4.73. The highest BCUT2D eigenvalue weighted by Crippen LogP contribution is 2.29. The van der Waals surface area contributed by atoms with Crippen molar-refractivity contribution >= 4 is 23.2 Å². The fourth-order valence-electron chi connectivity index (χ4n) is 2.88. The van der Waals surface area contributed by atoms with Crippen LogP contribution in [-0.4, -0.2) is 35.6 Å². The van der Waals surface area contributed by atoms with Gasteiger partial charge >= 0.3 is 0 Å². The van der Waals surface area contributed by atoms with Gasteiger partial charge in [-0.3, -0.25) is 9.88 Å². The predicted octanol–water partition coefficient (Wildman–Crippen LogP) is 2.18. The quantitative estimate of drug-likeness (QED) is 0.894. The van der Waals surface area contributed by atoms with E-state index in [0.29, 0.717) is 16.1 Å². The summed E-state index contributed by atoms with van der Waals surface area (Å²) < 4.78 is 0. The van der Waals surface area contributed by atoms with E-state index in [1.54, 1.807) is 12.4 Å². The molecule has 0 aliphatic carbocycles. The highest BCUT2D eigenvalue weighted by Gasteiger charge is 2.35. The van der Waals surface area contributed by atoms with Crippen LogP contribution in [0.25, 0.3) is 0 Å². The normalized spacial score (nSPS) is 28.6. The molecule has 1 aromatic heterocycles. The Labute approximate surface area is 111 Å². The number of nitrogens with zero attached hydrogens (tertiary/aromatic N) is 2. The summed E-state index contributed by atoms with van der Waals surface area (Å²) in [6, 6.07) is 0.661. The average molecular weight is 272 g/mol. The van der Waals surface area contributed by atoms with E-state index in [1.165, 1.54) is 13.0 Å². The number of rotatable bonds is 2. The molecule has 17 heavy (non-hydrogen) atoms. The topological polar surface area (TPSA) is 28.2 Å². The summed E-state index contributed by atoms with van der Waals surface area (Å²) in [5.74, 6) is 0.800. The maximum Gasteiger partial charge on any atom is 0.0649 e. The summed E-state index contributed by atoms with van der Waals surface area (Å²) >= 11 is 12.3. The summed E-state index contributed by atoms with van der Waals surface area (Å²) in [6.07, 6.45) is 4.62. The summed E-state index contributed by atoms with van der Waals surface area (Å²) in [6.45, 7) is 4.24. The first-order valence-electron chi connectivity index (χ1n) is 5.97. The molecule has 2 fully saturated rings. The Hall–Kier alpha value is -0.350. The zero-order chi connectivity index (χ0) is 11.8. The minimum atomic E-state index is 0.661. The number of nitrogens with one attached hydrogen (secondary N) is 1. The van der Waals surface area contributed by atoms with Crippen molar-refractivity contribution in [1.82, 2.24) is 15.2 Å². The Morgan fingerprint density at radius 1 is 1.29 bits per heavy atom. The summed E-state index contributed by atoms with van der Waals surface area (Å²) in [5.41, 5.74) is 1.00. The SMILES string of the molecule is Clc1cncc(Cl)c1CN1C[C@@H]2CCN[C@@H]2C1. The van der Waals surface area contributed by atoms with Crippen molar-refractivity contribution in [2.24, 2.45) is 5.92 Å². The molecule has 92 valence electrons. The molecule has 2 aliphatic rings. The van der Waals surface area contributed by atoms with Crippen molar-refractivity contribution < 1.29 is 0 Å². The standard InChI is InChI=1S/C12H15Cl2N3/c13-10-3-15-4-11(14)9(10)6-17-5-8-1-2-16-12(8)7-17/h3-4,8,12,16H,1-2,5-7H2/t8-,12+/m0/s1. The molecule has 0 unspecified atom stereocenters. The summed E-state index contributed by atoms with van der Waals surface area (Å²) in [7, 11) is 0. The van der Waals surface area contributed by atoms with Crippen molar-refractivity contribution in [3.05, 3.63) is 28.0 Å². The highest BCUT2D eigenvalue weighted by molar-refractivity contribution is 6.35. The third-order valence-corrected chi connectivity index (χ3v) is 4.42. The number of halogens is 2. The predicted molar refractivity (Wildman–Crippen MR) is 69.4 cm³/mol. The highest BCUT2D eigenvalue weighted by atomic mass is 35.5. The van der Waals surface area contributed by atoms with Crippen LogP contribution in [0.4, 0.5) is 0 Å². The first kappa shape index (κ1) is 11.7. The first-order valence-corrected chi connectivity index (χ1v) is 6.73. The van der Waals surface area contributed by atoms with Crippen molar-refractivity contribution in [2.45, 2.75) is 19.0 Å². The number of fused-ring (bicyclic) bond motifs is 1. The number of likely N-dealkylation sites (tertiary alicyclic amines) is 1. The van der Waals surface area contributed by atoms with Crippen molar-refractivity contribution in [1.29, 1.82) is 0 Å². The Morgan fingerprint density at radius 3 is 2.76 bits per heavy atom. The van der Waals surface area contributed by atoms with E-state index in [2.05, 4.69) is 15.2 Å². The lowest BCUT2D eigenvalue weighted by Crippen LogP contribution is -2.30. The first-order chi connectivity index (χ1) is 8.24. The molecule has 1 aromatic rings. The molecule has 0 radical (unpaired) electrons. The molecule has 2 saturated heterocycles. The van der Waals surface area contributed by atoms with Crippen LogP contribution < -0.4 is 5.32 Å². The molecular weight excluding hydrogens is 257 g/mol. The minimum Gasteiger partial charge on any atom is -0.312 e. The molecule has 0 spiro atoms. The van der Waals surface area contributed by atoms with E-state index < -0.39 is 0 Å².